The maximum Gasteiger partial charge on any atom is 0.332 e. The number of rotatable bonds is 6. The molecule has 1 aliphatic rings. The molecule has 3 heterocycles. The standard InChI is InChI=1S/C31H31N7O3S/c1-34-27-26(28(39)35(2)31(34)40)38(21-22-9-5-3-6-10-22)29(33-27)36-17-19-37(20-18-36)30(42)32-23-13-15-25(16-14-23)41-24-11-7-4-8-12-24/h3-16H,17-21H2,1-2H3,(H,32,42). The Bertz CT molecular complexity index is 1840. The molecule has 0 spiro atoms. The molecule has 2 aromatic heterocycles. The minimum Gasteiger partial charge on any atom is -0.457 e. The molecule has 6 rings (SSSR count). The van der Waals surface area contributed by atoms with Crippen molar-refractivity contribution in [2.24, 2.45) is 14.1 Å². The lowest BCUT2D eigenvalue weighted by atomic mass is 10.2. The van der Waals surface area contributed by atoms with Crippen LogP contribution in [-0.2, 0) is 20.6 Å². The van der Waals surface area contributed by atoms with Gasteiger partial charge in [-0.2, -0.15) is 4.98 Å². The van der Waals surface area contributed by atoms with E-state index in [-0.39, 0.29) is 5.56 Å². The zero-order valence-corrected chi connectivity index (χ0v) is 24.3. The minimum atomic E-state index is -0.399. The molecule has 0 saturated carbocycles. The Balaban J connectivity index is 1.18. The zero-order valence-electron chi connectivity index (χ0n) is 23.4. The summed E-state index contributed by atoms with van der Waals surface area (Å²) in [6, 6.07) is 27.3. The van der Waals surface area contributed by atoms with E-state index in [0.717, 1.165) is 27.3 Å². The Morgan fingerprint density at radius 1 is 0.833 bits per heavy atom. The van der Waals surface area contributed by atoms with Crippen LogP contribution in [0.3, 0.4) is 0 Å². The van der Waals surface area contributed by atoms with Crippen molar-refractivity contribution in [1.82, 2.24) is 23.6 Å². The quantitative estimate of drug-likeness (QED) is 0.303. The van der Waals surface area contributed by atoms with Crippen LogP contribution >= 0.6 is 12.2 Å². The Kier molecular flexibility index (Phi) is 7.49. The lowest BCUT2D eigenvalue weighted by molar-refractivity contribution is 0.386. The van der Waals surface area contributed by atoms with E-state index in [4.69, 9.17) is 21.9 Å². The van der Waals surface area contributed by atoms with Gasteiger partial charge in [0.05, 0.1) is 6.54 Å². The van der Waals surface area contributed by atoms with Crippen LogP contribution in [0, 0.1) is 0 Å². The van der Waals surface area contributed by atoms with Crippen molar-refractivity contribution in [1.29, 1.82) is 0 Å². The van der Waals surface area contributed by atoms with Gasteiger partial charge in [-0.15, -0.1) is 0 Å². The molecule has 1 N–H and O–H groups in total. The molecule has 3 aromatic carbocycles. The predicted octanol–water partition coefficient (Wildman–Crippen LogP) is 3.79. The average molecular weight is 582 g/mol. The third-order valence-corrected chi connectivity index (χ3v) is 7.81. The lowest BCUT2D eigenvalue weighted by Gasteiger charge is -2.36. The fraction of sp³-hybridized carbons (Fsp3) is 0.226. The van der Waals surface area contributed by atoms with Gasteiger partial charge in [-0.1, -0.05) is 48.5 Å². The van der Waals surface area contributed by atoms with Crippen molar-refractivity contribution in [3.63, 3.8) is 0 Å². The molecule has 0 unspecified atom stereocenters. The number of hydrogen-bond donors (Lipinski definition) is 1. The number of para-hydroxylation sites is 1. The van der Waals surface area contributed by atoms with Gasteiger partial charge in [0, 0.05) is 46.0 Å². The molecule has 5 aromatic rings. The van der Waals surface area contributed by atoms with Gasteiger partial charge in [0.15, 0.2) is 16.3 Å². The summed E-state index contributed by atoms with van der Waals surface area (Å²) in [5, 5.41) is 3.97. The highest BCUT2D eigenvalue weighted by atomic mass is 32.1. The van der Waals surface area contributed by atoms with E-state index in [1.54, 1.807) is 7.05 Å². The van der Waals surface area contributed by atoms with Gasteiger partial charge < -0.3 is 19.9 Å². The number of aryl methyl sites for hydroxylation is 1. The summed E-state index contributed by atoms with van der Waals surface area (Å²) < 4.78 is 10.4. The number of piperazine rings is 1. The van der Waals surface area contributed by atoms with Crippen molar-refractivity contribution >= 4 is 40.1 Å². The SMILES string of the molecule is Cn1c(=O)c2c(nc(N3CCN(C(=S)Nc4ccc(Oc5ccccc5)cc4)CC3)n2Cc2ccccc2)n(C)c1=O. The summed E-state index contributed by atoms with van der Waals surface area (Å²) in [5.74, 6) is 2.20. The molecule has 11 heteroatoms. The fourth-order valence-corrected chi connectivity index (χ4v) is 5.44. The Morgan fingerprint density at radius 3 is 2.12 bits per heavy atom. The summed E-state index contributed by atoms with van der Waals surface area (Å²) in [6.07, 6.45) is 0. The molecule has 1 saturated heterocycles. The zero-order chi connectivity index (χ0) is 29.2. The van der Waals surface area contributed by atoms with Crippen LogP contribution in [0.2, 0.25) is 0 Å². The van der Waals surface area contributed by atoms with Crippen LogP contribution in [-0.4, -0.2) is 54.9 Å². The molecule has 214 valence electrons. The maximum atomic E-state index is 13.3. The largest absolute Gasteiger partial charge is 0.457 e. The highest BCUT2D eigenvalue weighted by Crippen LogP contribution is 2.25. The monoisotopic (exact) mass is 581 g/mol. The lowest BCUT2D eigenvalue weighted by Crippen LogP contribution is -2.50. The Hall–Kier alpha value is -4.90. The second-order valence-corrected chi connectivity index (χ2v) is 10.6. The van der Waals surface area contributed by atoms with Crippen LogP contribution in [0.1, 0.15) is 5.56 Å². The van der Waals surface area contributed by atoms with E-state index >= 15 is 0 Å². The number of ether oxygens (including phenoxy) is 1. The van der Waals surface area contributed by atoms with Crippen LogP contribution in [0.25, 0.3) is 11.2 Å². The molecule has 1 aliphatic heterocycles. The first-order chi connectivity index (χ1) is 20.4. The number of benzene rings is 3. The second-order valence-electron chi connectivity index (χ2n) is 10.2. The maximum absolute atomic E-state index is 13.3. The van der Waals surface area contributed by atoms with E-state index in [1.807, 2.05) is 89.5 Å². The van der Waals surface area contributed by atoms with Gasteiger partial charge in [-0.3, -0.25) is 18.5 Å². The number of nitrogens with one attached hydrogen (secondary N) is 1. The number of thiocarbonyl (C=S) groups is 1. The molecule has 10 nitrogen and oxygen atoms in total. The summed E-state index contributed by atoms with van der Waals surface area (Å²) in [5.41, 5.74) is 1.96. The van der Waals surface area contributed by atoms with E-state index in [2.05, 4.69) is 15.1 Å². The second kappa shape index (κ2) is 11.5. The molecule has 0 atom stereocenters. The summed E-state index contributed by atoms with van der Waals surface area (Å²) in [4.78, 5) is 35.0. The first-order valence-corrected chi connectivity index (χ1v) is 14.1. The molecule has 0 radical (unpaired) electrons. The third-order valence-electron chi connectivity index (χ3n) is 7.45. The number of nitrogens with zero attached hydrogens (tertiary/aromatic N) is 6. The van der Waals surface area contributed by atoms with Crippen molar-refractivity contribution < 1.29 is 4.74 Å². The fourth-order valence-electron chi connectivity index (χ4n) is 5.14. The average Bonchev–Trinajstić information content (AvgIpc) is 3.40. The molecule has 0 bridgehead atoms. The third kappa shape index (κ3) is 5.38. The first kappa shape index (κ1) is 27.3. The van der Waals surface area contributed by atoms with Gasteiger partial charge >= 0.3 is 5.69 Å². The molecular formula is C31H31N7O3S. The number of fused-ring (bicyclic) bond motifs is 1. The number of aromatic nitrogens is 4. The predicted molar refractivity (Wildman–Crippen MR) is 169 cm³/mol. The van der Waals surface area contributed by atoms with E-state index in [9.17, 15) is 9.59 Å². The molecule has 0 amide bonds. The van der Waals surface area contributed by atoms with Crippen molar-refractivity contribution in [2.75, 3.05) is 36.4 Å². The van der Waals surface area contributed by atoms with E-state index in [1.165, 1.54) is 11.6 Å². The first-order valence-electron chi connectivity index (χ1n) is 13.7. The van der Waals surface area contributed by atoms with Gasteiger partial charge in [0.25, 0.3) is 5.56 Å². The highest BCUT2D eigenvalue weighted by molar-refractivity contribution is 7.80. The molecule has 1 fully saturated rings. The molecular weight excluding hydrogens is 550 g/mol. The van der Waals surface area contributed by atoms with Gasteiger partial charge in [0.1, 0.15) is 11.5 Å². The number of anilines is 2. The highest BCUT2D eigenvalue weighted by Gasteiger charge is 2.26. The minimum absolute atomic E-state index is 0.355. The van der Waals surface area contributed by atoms with Gasteiger partial charge in [0.2, 0.25) is 5.95 Å². The summed E-state index contributed by atoms with van der Waals surface area (Å²) in [7, 11) is 3.15. The Labute approximate surface area is 248 Å². The van der Waals surface area contributed by atoms with Crippen LogP contribution in [0.5, 0.6) is 11.5 Å². The summed E-state index contributed by atoms with van der Waals surface area (Å²) >= 11 is 5.74. The van der Waals surface area contributed by atoms with E-state index in [0.29, 0.717) is 54.9 Å². The topological polar surface area (TPSA) is 89.6 Å². The van der Waals surface area contributed by atoms with Crippen LogP contribution in [0.4, 0.5) is 11.6 Å². The van der Waals surface area contributed by atoms with Crippen molar-refractivity contribution in [3.8, 4) is 11.5 Å². The van der Waals surface area contributed by atoms with E-state index < -0.39 is 5.69 Å². The van der Waals surface area contributed by atoms with Crippen molar-refractivity contribution in [2.45, 2.75) is 6.54 Å². The van der Waals surface area contributed by atoms with Gasteiger partial charge in [-0.25, -0.2) is 4.79 Å². The summed E-state index contributed by atoms with van der Waals surface area (Å²) in [6.45, 7) is 3.11. The molecule has 0 aliphatic carbocycles. The smallest absolute Gasteiger partial charge is 0.332 e. The Morgan fingerprint density at radius 2 is 1.45 bits per heavy atom. The normalized spacial score (nSPS) is 13.4. The molecule has 42 heavy (non-hydrogen) atoms. The number of imidazole rings is 1. The van der Waals surface area contributed by atoms with Crippen molar-refractivity contribution in [3.05, 3.63) is 111 Å². The van der Waals surface area contributed by atoms with Gasteiger partial charge in [-0.05, 0) is 54.2 Å². The van der Waals surface area contributed by atoms with Crippen LogP contribution in [0.15, 0.2) is 94.5 Å². The van der Waals surface area contributed by atoms with Crippen LogP contribution < -0.4 is 26.2 Å². The number of hydrogen-bond acceptors (Lipinski definition) is 6.